The van der Waals surface area contributed by atoms with Crippen LogP contribution in [-0.4, -0.2) is 34.9 Å². The van der Waals surface area contributed by atoms with Crippen molar-refractivity contribution in [3.05, 3.63) is 23.9 Å². The molecule has 1 aromatic rings. The zero-order valence-electron chi connectivity index (χ0n) is 14.5. The molecule has 0 atom stereocenters. The molecule has 4 nitrogen and oxygen atoms in total. The first-order valence-corrected chi connectivity index (χ1v) is 8.29. The number of hydrogen-bond acceptors (Lipinski definition) is 3. The fourth-order valence-corrected chi connectivity index (χ4v) is 2.79. The SMILES string of the molecule is CC(C)C(=O)N1CCC(Nc2cc(C(C)(C)C)ccn2)CC1. The largest absolute Gasteiger partial charge is 0.367 e. The molecule has 2 heterocycles. The average molecular weight is 303 g/mol. The molecule has 0 radical (unpaired) electrons. The summed E-state index contributed by atoms with van der Waals surface area (Å²) in [5.41, 5.74) is 1.42. The molecule has 122 valence electrons. The van der Waals surface area contributed by atoms with Gasteiger partial charge >= 0.3 is 0 Å². The molecule has 1 fully saturated rings. The van der Waals surface area contributed by atoms with Gasteiger partial charge < -0.3 is 10.2 Å². The number of carbonyl (C=O) groups excluding carboxylic acids is 1. The van der Waals surface area contributed by atoms with Gasteiger partial charge in [-0.25, -0.2) is 4.98 Å². The van der Waals surface area contributed by atoms with E-state index in [9.17, 15) is 4.79 Å². The van der Waals surface area contributed by atoms with Gasteiger partial charge in [0.1, 0.15) is 5.82 Å². The number of anilines is 1. The Hall–Kier alpha value is -1.58. The summed E-state index contributed by atoms with van der Waals surface area (Å²) in [5, 5.41) is 3.53. The van der Waals surface area contributed by atoms with Gasteiger partial charge in [0.25, 0.3) is 0 Å². The summed E-state index contributed by atoms with van der Waals surface area (Å²) in [4.78, 5) is 18.4. The summed E-state index contributed by atoms with van der Waals surface area (Å²) in [6, 6.07) is 4.62. The van der Waals surface area contributed by atoms with E-state index in [1.54, 1.807) is 0 Å². The average Bonchev–Trinajstić information content (AvgIpc) is 2.46. The van der Waals surface area contributed by atoms with Crippen molar-refractivity contribution in [3.63, 3.8) is 0 Å². The standard InChI is InChI=1S/C18H29N3O/c1-13(2)17(22)21-10-7-15(8-11-21)20-16-12-14(6-9-19-16)18(3,4)5/h6,9,12-13,15H,7-8,10-11H2,1-5H3,(H,19,20). The molecule has 1 aromatic heterocycles. The van der Waals surface area contributed by atoms with Crippen LogP contribution < -0.4 is 5.32 Å². The lowest BCUT2D eigenvalue weighted by Gasteiger charge is -2.33. The van der Waals surface area contributed by atoms with Crippen molar-refractivity contribution in [1.29, 1.82) is 0 Å². The number of aromatic nitrogens is 1. The zero-order chi connectivity index (χ0) is 16.3. The second kappa shape index (κ2) is 6.67. The number of rotatable bonds is 3. The number of nitrogens with zero attached hydrogens (tertiary/aromatic N) is 2. The number of carbonyl (C=O) groups is 1. The Morgan fingerprint density at radius 1 is 1.32 bits per heavy atom. The Kier molecular flexibility index (Phi) is 5.09. The lowest BCUT2D eigenvalue weighted by Crippen LogP contribution is -2.44. The van der Waals surface area contributed by atoms with Crippen molar-refractivity contribution in [2.24, 2.45) is 5.92 Å². The molecule has 2 rings (SSSR count). The monoisotopic (exact) mass is 303 g/mol. The summed E-state index contributed by atoms with van der Waals surface area (Å²) < 4.78 is 0. The van der Waals surface area contributed by atoms with Crippen molar-refractivity contribution in [3.8, 4) is 0 Å². The van der Waals surface area contributed by atoms with Crippen molar-refractivity contribution >= 4 is 11.7 Å². The third-order valence-electron chi connectivity index (χ3n) is 4.28. The number of piperidine rings is 1. The van der Waals surface area contributed by atoms with Gasteiger partial charge in [0.15, 0.2) is 0 Å². The van der Waals surface area contributed by atoms with Crippen molar-refractivity contribution < 1.29 is 4.79 Å². The van der Waals surface area contributed by atoms with E-state index in [2.05, 4.69) is 43.2 Å². The second-order valence-corrected chi connectivity index (χ2v) is 7.58. The van der Waals surface area contributed by atoms with Gasteiger partial charge in [-0.15, -0.1) is 0 Å². The van der Waals surface area contributed by atoms with Crippen LogP contribution in [0.2, 0.25) is 0 Å². The Labute approximate surface area is 134 Å². The van der Waals surface area contributed by atoms with Crippen molar-refractivity contribution in [1.82, 2.24) is 9.88 Å². The molecule has 1 N–H and O–H groups in total. The Morgan fingerprint density at radius 3 is 2.50 bits per heavy atom. The van der Waals surface area contributed by atoms with Crippen LogP contribution in [-0.2, 0) is 10.2 Å². The summed E-state index contributed by atoms with van der Waals surface area (Å²) in [5.74, 6) is 1.31. The molecule has 1 amide bonds. The number of likely N-dealkylation sites (tertiary alicyclic amines) is 1. The van der Waals surface area contributed by atoms with Crippen molar-refractivity contribution in [2.45, 2.75) is 58.9 Å². The number of hydrogen-bond donors (Lipinski definition) is 1. The first kappa shape index (κ1) is 16.8. The Bertz CT molecular complexity index is 511. The third-order valence-corrected chi connectivity index (χ3v) is 4.28. The van der Waals surface area contributed by atoms with Crippen LogP contribution in [0.4, 0.5) is 5.82 Å². The first-order chi connectivity index (χ1) is 10.3. The highest BCUT2D eigenvalue weighted by Gasteiger charge is 2.24. The zero-order valence-corrected chi connectivity index (χ0v) is 14.5. The van der Waals surface area contributed by atoms with E-state index in [0.29, 0.717) is 6.04 Å². The van der Waals surface area contributed by atoms with Gasteiger partial charge in [0, 0.05) is 31.2 Å². The topological polar surface area (TPSA) is 45.2 Å². The lowest BCUT2D eigenvalue weighted by atomic mass is 9.88. The van der Waals surface area contributed by atoms with Crippen molar-refractivity contribution in [2.75, 3.05) is 18.4 Å². The molecule has 1 saturated heterocycles. The maximum Gasteiger partial charge on any atom is 0.225 e. The fraction of sp³-hybridized carbons (Fsp3) is 0.667. The third kappa shape index (κ3) is 4.21. The highest BCUT2D eigenvalue weighted by atomic mass is 16.2. The van der Waals surface area contributed by atoms with Gasteiger partial charge in [0.2, 0.25) is 5.91 Å². The lowest BCUT2D eigenvalue weighted by molar-refractivity contribution is -0.135. The van der Waals surface area contributed by atoms with E-state index < -0.39 is 0 Å². The summed E-state index contributed by atoms with van der Waals surface area (Å²) in [6.45, 7) is 12.2. The minimum absolute atomic E-state index is 0.0923. The van der Waals surface area contributed by atoms with E-state index in [1.807, 2.05) is 24.9 Å². The summed E-state index contributed by atoms with van der Waals surface area (Å²) in [7, 11) is 0. The quantitative estimate of drug-likeness (QED) is 0.930. The van der Waals surface area contributed by atoms with Gasteiger partial charge in [-0.3, -0.25) is 4.79 Å². The van der Waals surface area contributed by atoms with E-state index in [4.69, 9.17) is 0 Å². The van der Waals surface area contributed by atoms with Crippen LogP contribution in [0.5, 0.6) is 0 Å². The molecule has 22 heavy (non-hydrogen) atoms. The Balaban J connectivity index is 1.93. The normalized spacial score (nSPS) is 16.9. The van der Waals surface area contributed by atoms with Crippen LogP contribution >= 0.6 is 0 Å². The van der Waals surface area contributed by atoms with E-state index in [1.165, 1.54) is 5.56 Å². The van der Waals surface area contributed by atoms with Gasteiger partial charge in [0.05, 0.1) is 0 Å². The van der Waals surface area contributed by atoms with Gasteiger partial charge in [-0.1, -0.05) is 34.6 Å². The van der Waals surface area contributed by atoms with E-state index >= 15 is 0 Å². The molecule has 4 heteroatoms. The van der Waals surface area contributed by atoms with Crippen LogP contribution in [0.25, 0.3) is 0 Å². The van der Waals surface area contributed by atoms with Crippen LogP contribution in [0, 0.1) is 5.92 Å². The van der Waals surface area contributed by atoms with Crippen LogP contribution in [0.15, 0.2) is 18.3 Å². The molecule has 0 bridgehead atoms. The predicted molar refractivity (Wildman–Crippen MR) is 91.0 cm³/mol. The highest BCUT2D eigenvalue weighted by Crippen LogP contribution is 2.24. The molecule has 1 aliphatic heterocycles. The van der Waals surface area contributed by atoms with Crippen LogP contribution in [0.3, 0.4) is 0 Å². The number of nitrogens with one attached hydrogen (secondary N) is 1. The van der Waals surface area contributed by atoms with Gasteiger partial charge in [-0.2, -0.15) is 0 Å². The molecule has 1 aliphatic rings. The molecule has 0 saturated carbocycles. The minimum Gasteiger partial charge on any atom is -0.367 e. The maximum atomic E-state index is 12.0. The second-order valence-electron chi connectivity index (χ2n) is 7.58. The fourth-order valence-electron chi connectivity index (χ4n) is 2.79. The maximum absolute atomic E-state index is 12.0. The van der Waals surface area contributed by atoms with E-state index in [0.717, 1.165) is 31.7 Å². The summed E-state index contributed by atoms with van der Waals surface area (Å²) in [6.07, 6.45) is 3.85. The minimum atomic E-state index is 0.0923. The number of pyridine rings is 1. The smallest absolute Gasteiger partial charge is 0.225 e. The molecule has 0 unspecified atom stereocenters. The highest BCUT2D eigenvalue weighted by molar-refractivity contribution is 5.78. The molecule has 0 aromatic carbocycles. The molecular formula is C18H29N3O. The Morgan fingerprint density at radius 2 is 1.95 bits per heavy atom. The predicted octanol–water partition coefficient (Wildman–Crippen LogP) is 3.44. The molecular weight excluding hydrogens is 274 g/mol. The molecule has 0 spiro atoms. The van der Waals surface area contributed by atoms with Gasteiger partial charge in [-0.05, 0) is 36.0 Å². The summed E-state index contributed by atoms with van der Waals surface area (Å²) >= 11 is 0. The van der Waals surface area contributed by atoms with Crippen LogP contribution in [0.1, 0.15) is 53.0 Å². The molecule has 0 aliphatic carbocycles. The first-order valence-electron chi connectivity index (χ1n) is 8.29. The number of amides is 1. The van der Waals surface area contributed by atoms with E-state index in [-0.39, 0.29) is 17.2 Å².